The zero-order valence-corrected chi connectivity index (χ0v) is 20.4. The number of phenols is 1. The van der Waals surface area contributed by atoms with Gasteiger partial charge in [0.1, 0.15) is 11.5 Å². The van der Waals surface area contributed by atoms with Gasteiger partial charge in [0.2, 0.25) is 0 Å². The summed E-state index contributed by atoms with van der Waals surface area (Å²) in [4.78, 5) is 25.2. The quantitative estimate of drug-likeness (QED) is 0.140. The van der Waals surface area contributed by atoms with E-state index in [0.29, 0.717) is 35.8 Å². The van der Waals surface area contributed by atoms with Crippen molar-refractivity contribution in [1.82, 2.24) is 5.43 Å². The topological polar surface area (TPSA) is 106 Å². The van der Waals surface area contributed by atoms with Crippen molar-refractivity contribution in [3.05, 3.63) is 95.6 Å². The molecule has 0 bridgehead atoms. The van der Waals surface area contributed by atoms with Crippen LogP contribution in [0.4, 0.5) is 0 Å². The first-order valence-electron chi connectivity index (χ1n) is 11.8. The number of carbonyl (C=O) groups is 2. The highest BCUT2D eigenvalue weighted by atomic mass is 16.6. The summed E-state index contributed by atoms with van der Waals surface area (Å²) in [6.07, 6.45) is 1.43. The van der Waals surface area contributed by atoms with Gasteiger partial charge in [-0.1, -0.05) is 24.3 Å². The van der Waals surface area contributed by atoms with E-state index in [1.807, 2.05) is 38.1 Å². The average molecular weight is 499 g/mol. The number of amides is 1. The molecular formula is C29H26N2O6. The molecule has 2 N–H and O–H groups in total. The second-order valence-electron chi connectivity index (χ2n) is 7.90. The van der Waals surface area contributed by atoms with Crippen molar-refractivity contribution in [2.45, 2.75) is 13.8 Å². The number of aromatic hydroxyl groups is 1. The molecule has 0 fully saturated rings. The van der Waals surface area contributed by atoms with Crippen LogP contribution in [-0.2, 0) is 0 Å². The van der Waals surface area contributed by atoms with Crippen LogP contribution in [0.1, 0.15) is 40.1 Å². The van der Waals surface area contributed by atoms with Crippen LogP contribution in [0.3, 0.4) is 0 Å². The van der Waals surface area contributed by atoms with Crippen LogP contribution in [0.25, 0.3) is 10.8 Å². The lowest BCUT2D eigenvalue weighted by Gasteiger charge is -2.11. The van der Waals surface area contributed by atoms with Crippen LogP contribution < -0.4 is 19.6 Å². The molecule has 0 saturated heterocycles. The van der Waals surface area contributed by atoms with Crippen molar-refractivity contribution in [2.24, 2.45) is 5.10 Å². The lowest BCUT2D eigenvalue weighted by atomic mass is 10.1. The van der Waals surface area contributed by atoms with Crippen LogP contribution >= 0.6 is 0 Å². The zero-order valence-electron chi connectivity index (χ0n) is 20.4. The summed E-state index contributed by atoms with van der Waals surface area (Å²) in [5.41, 5.74) is 3.51. The van der Waals surface area contributed by atoms with Gasteiger partial charge in [-0.25, -0.2) is 10.2 Å². The molecule has 0 atom stereocenters. The minimum atomic E-state index is -0.551. The van der Waals surface area contributed by atoms with Gasteiger partial charge in [-0.2, -0.15) is 5.10 Å². The molecule has 188 valence electrons. The number of rotatable bonds is 9. The van der Waals surface area contributed by atoms with Gasteiger partial charge in [0.25, 0.3) is 5.91 Å². The third kappa shape index (κ3) is 6.24. The highest BCUT2D eigenvalue weighted by Gasteiger charge is 2.14. The van der Waals surface area contributed by atoms with Crippen molar-refractivity contribution in [2.75, 3.05) is 13.2 Å². The summed E-state index contributed by atoms with van der Waals surface area (Å²) in [6.45, 7) is 4.59. The van der Waals surface area contributed by atoms with Gasteiger partial charge < -0.3 is 19.3 Å². The number of carbonyl (C=O) groups excluding carboxylic acids is 2. The number of fused-ring (bicyclic) bond motifs is 1. The summed E-state index contributed by atoms with van der Waals surface area (Å²) < 4.78 is 16.6. The molecule has 0 spiro atoms. The van der Waals surface area contributed by atoms with Crippen LogP contribution in [0, 0.1) is 0 Å². The summed E-state index contributed by atoms with van der Waals surface area (Å²) in [5, 5.41) is 15.9. The first kappa shape index (κ1) is 25.2. The van der Waals surface area contributed by atoms with Gasteiger partial charge in [0, 0.05) is 0 Å². The molecular weight excluding hydrogens is 472 g/mol. The van der Waals surface area contributed by atoms with E-state index in [2.05, 4.69) is 10.5 Å². The molecule has 4 rings (SSSR count). The van der Waals surface area contributed by atoms with E-state index in [4.69, 9.17) is 14.2 Å². The Kier molecular flexibility index (Phi) is 8.00. The van der Waals surface area contributed by atoms with Gasteiger partial charge in [0.05, 0.1) is 30.6 Å². The van der Waals surface area contributed by atoms with Gasteiger partial charge in [-0.3, -0.25) is 4.79 Å². The fourth-order valence-corrected chi connectivity index (χ4v) is 3.61. The number of phenolic OH excluding ortho intramolecular Hbond substituents is 1. The maximum atomic E-state index is 12.6. The lowest BCUT2D eigenvalue weighted by Crippen LogP contribution is -2.17. The highest BCUT2D eigenvalue weighted by Crippen LogP contribution is 2.29. The molecule has 0 unspecified atom stereocenters. The second-order valence-corrected chi connectivity index (χ2v) is 7.90. The smallest absolute Gasteiger partial charge is 0.343 e. The van der Waals surface area contributed by atoms with E-state index in [-0.39, 0.29) is 17.1 Å². The standard InChI is InChI=1S/C29H26N2O6/c1-3-35-23-12-10-20(11-13-23)29(34)37-26-14-9-19(15-27(26)36-4-2)18-30-31-28(33)24-16-21-7-5-6-8-22(21)17-25(24)32/h5-18,32H,3-4H2,1-2H3,(H,31,33)/b30-18+. The monoisotopic (exact) mass is 498 g/mol. The number of hydrazone groups is 1. The van der Waals surface area contributed by atoms with E-state index in [1.54, 1.807) is 48.5 Å². The summed E-state index contributed by atoms with van der Waals surface area (Å²) in [6, 6.07) is 22.1. The predicted molar refractivity (Wildman–Crippen MR) is 141 cm³/mol. The van der Waals surface area contributed by atoms with Crippen LogP contribution in [0.2, 0.25) is 0 Å². The number of nitrogens with zero attached hydrogens (tertiary/aromatic N) is 1. The molecule has 1 amide bonds. The Labute approximate surface area is 214 Å². The Bertz CT molecular complexity index is 1450. The van der Waals surface area contributed by atoms with Crippen molar-refractivity contribution in [3.63, 3.8) is 0 Å². The molecule has 4 aromatic carbocycles. The maximum Gasteiger partial charge on any atom is 0.343 e. The normalized spacial score (nSPS) is 10.9. The van der Waals surface area contributed by atoms with Crippen LogP contribution in [0.5, 0.6) is 23.0 Å². The molecule has 0 aromatic heterocycles. The predicted octanol–water partition coefficient (Wildman–Crippen LogP) is 5.33. The number of nitrogens with one attached hydrogen (secondary N) is 1. The number of benzene rings is 4. The van der Waals surface area contributed by atoms with Gasteiger partial charge in [-0.15, -0.1) is 0 Å². The number of esters is 1. The SMILES string of the molecule is CCOc1ccc(C(=O)Oc2ccc(/C=N/NC(=O)c3cc4ccccc4cc3O)cc2OCC)cc1. The van der Waals surface area contributed by atoms with Gasteiger partial charge in [-0.05, 0) is 84.8 Å². The largest absolute Gasteiger partial charge is 0.507 e. The maximum absolute atomic E-state index is 12.6. The Morgan fingerprint density at radius 3 is 2.27 bits per heavy atom. The Morgan fingerprint density at radius 1 is 0.865 bits per heavy atom. The van der Waals surface area contributed by atoms with Crippen molar-refractivity contribution in [3.8, 4) is 23.0 Å². The minimum absolute atomic E-state index is 0.113. The molecule has 0 aliphatic heterocycles. The molecule has 0 radical (unpaired) electrons. The number of hydrogen-bond acceptors (Lipinski definition) is 7. The molecule has 8 nitrogen and oxygen atoms in total. The van der Waals surface area contributed by atoms with E-state index in [9.17, 15) is 14.7 Å². The van der Waals surface area contributed by atoms with Crippen molar-refractivity contribution >= 4 is 28.9 Å². The van der Waals surface area contributed by atoms with E-state index >= 15 is 0 Å². The fourth-order valence-electron chi connectivity index (χ4n) is 3.61. The molecule has 0 saturated carbocycles. The van der Waals surface area contributed by atoms with E-state index < -0.39 is 11.9 Å². The second kappa shape index (κ2) is 11.7. The van der Waals surface area contributed by atoms with E-state index in [1.165, 1.54) is 12.3 Å². The number of hydrogen-bond donors (Lipinski definition) is 2. The number of ether oxygens (including phenoxy) is 3. The molecule has 0 heterocycles. The summed E-state index contributed by atoms with van der Waals surface area (Å²) >= 11 is 0. The zero-order chi connectivity index (χ0) is 26.2. The summed E-state index contributed by atoms with van der Waals surface area (Å²) in [5.74, 6) is 0.0508. The van der Waals surface area contributed by atoms with Crippen molar-refractivity contribution in [1.29, 1.82) is 0 Å². The van der Waals surface area contributed by atoms with Gasteiger partial charge >= 0.3 is 5.97 Å². The van der Waals surface area contributed by atoms with Crippen LogP contribution in [-0.4, -0.2) is 36.4 Å². The lowest BCUT2D eigenvalue weighted by molar-refractivity contribution is 0.0728. The third-order valence-electron chi connectivity index (χ3n) is 5.36. The van der Waals surface area contributed by atoms with Gasteiger partial charge in [0.15, 0.2) is 11.5 Å². The van der Waals surface area contributed by atoms with E-state index in [0.717, 1.165) is 10.8 Å². The van der Waals surface area contributed by atoms with Crippen LogP contribution in [0.15, 0.2) is 84.0 Å². The molecule has 37 heavy (non-hydrogen) atoms. The Balaban J connectivity index is 1.45. The summed E-state index contributed by atoms with van der Waals surface area (Å²) in [7, 11) is 0. The van der Waals surface area contributed by atoms with Crippen molar-refractivity contribution < 1.29 is 28.9 Å². The Hall–Kier alpha value is -4.85. The molecule has 0 aliphatic rings. The highest BCUT2D eigenvalue weighted by molar-refractivity contribution is 6.01. The fraction of sp³-hybridized carbons (Fsp3) is 0.138. The average Bonchev–Trinajstić information content (AvgIpc) is 2.90. The first-order valence-corrected chi connectivity index (χ1v) is 11.8. The third-order valence-corrected chi connectivity index (χ3v) is 5.36. The molecule has 8 heteroatoms. The minimum Gasteiger partial charge on any atom is -0.507 e. The first-order chi connectivity index (χ1) is 18.0. The molecule has 0 aliphatic carbocycles. The molecule has 4 aromatic rings. The Morgan fingerprint density at radius 2 is 1.57 bits per heavy atom.